The highest BCUT2D eigenvalue weighted by atomic mass is 16.5. The molecule has 0 aromatic heterocycles. The van der Waals surface area contributed by atoms with E-state index < -0.39 is 0 Å². The lowest BCUT2D eigenvalue weighted by molar-refractivity contribution is 0.136. The summed E-state index contributed by atoms with van der Waals surface area (Å²) in [6.45, 7) is 5.47. The van der Waals surface area contributed by atoms with Crippen LogP contribution < -0.4 is 10.1 Å². The second kappa shape index (κ2) is 3.49. The molecule has 2 heteroatoms. The molecule has 1 N–H and O–H groups in total. The largest absolute Gasteiger partial charge is 0.487 e. The van der Waals surface area contributed by atoms with E-state index in [2.05, 4.69) is 37.4 Å². The van der Waals surface area contributed by atoms with Crippen LogP contribution in [0.15, 0.2) is 18.2 Å². The quantitative estimate of drug-likeness (QED) is 0.781. The second-order valence-corrected chi connectivity index (χ2v) is 5.52. The van der Waals surface area contributed by atoms with E-state index in [0.29, 0.717) is 6.04 Å². The predicted molar refractivity (Wildman–Crippen MR) is 64.8 cm³/mol. The normalized spacial score (nSPS) is 26.5. The highest BCUT2D eigenvalue weighted by molar-refractivity contribution is 5.47. The predicted octanol–water partition coefficient (Wildman–Crippen LogP) is 2.82. The Kier molecular flexibility index (Phi) is 2.21. The van der Waals surface area contributed by atoms with Gasteiger partial charge in [-0.25, -0.2) is 0 Å². The number of rotatable bonds is 1. The van der Waals surface area contributed by atoms with Gasteiger partial charge in [0.1, 0.15) is 11.4 Å². The van der Waals surface area contributed by atoms with Crippen LogP contribution in [0.25, 0.3) is 0 Å². The summed E-state index contributed by atoms with van der Waals surface area (Å²) in [6.07, 6.45) is 3.54. The van der Waals surface area contributed by atoms with Gasteiger partial charge < -0.3 is 10.1 Å². The molecule has 0 bridgehead atoms. The Morgan fingerprint density at radius 1 is 1.38 bits per heavy atom. The van der Waals surface area contributed by atoms with Crippen molar-refractivity contribution in [1.82, 2.24) is 5.32 Å². The van der Waals surface area contributed by atoms with Crippen molar-refractivity contribution in [3.8, 4) is 5.75 Å². The number of hydrogen-bond acceptors (Lipinski definition) is 2. The van der Waals surface area contributed by atoms with Crippen molar-refractivity contribution in [1.29, 1.82) is 0 Å². The molecule has 1 atom stereocenters. The fraction of sp³-hybridized carbons (Fsp3) is 0.571. The molecule has 0 saturated carbocycles. The maximum atomic E-state index is 6.10. The van der Waals surface area contributed by atoms with Crippen molar-refractivity contribution < 1.29 is 4.74 Å². The zero-order valence-electron chi connectivity index (χ0n) is 10.0. The molecule has 1 unspecified atom stereocenters. The lowest BCUT2D eigenvalue weighted by atomic mass is 9.98. The van der Waals surface area contributed by atoms with Gasteiger partial charge >= 0.3 is 0 Å². The van der Waals surface area contributed by atoms with E-state index >= 15 is 0 Å². The minimum Gasteiger partial charge on any atom is -0.487 e. The second-order valence-electron chi connectivity index (χ2n) is 5.52. The van der Waals surface area contributed by atoms with Gasteiger partial charge in [-0.15, -0.1) is 0 Å². The first-order valence-electron chi connectivity index (χ1n) is 6.20. The van der Waals surface area contributed by atoms with E-state index in [-0.39, 0.29) is 5.60 Å². The average Bonchev–Trinajstić information content (AvgIpc) is 2.80. The fourth-order valence-electron chi connectivity index (χ4n) is 2.86. The molecule has 1 fully saturated rings. The smallest absolute Gasteiger partial charge is 0.128 e. The van der Waals surface area contributed by atoms with Crippen molar-refractivity contribution in [2.24, 2.45) is 0 Å². The van der Waals surface area contributed by atoms with Crippen LogP contribution in [0.4, 0.5) is 0 Å². The van der Waals surface area contributed by atoms with Gasteiger partial charge in [-0.05, 0) is 38.8 Å². The van der Waals surface area contributed by atoms with Gasteiger partial charge in [-0.3, -0.25) is 0 Å². The van der Waals surface area contributed by atoms with Gasteiger partial charge in [0.15, 0.2) is 0 Å². The highest BCUT2D eigenvalue weighted by Crippen LogP contribution is 2.41. The van der Waals surface area contributed by atoms with Crippen LogP contribution in [0.2, 0.25) is 0 Å². The van der Waals surface area contributed by atoms with Gasteiger partial charge in [0.25, 0.3) is 0 Å². The summed E-state index contributed by atoms with van der Waals surface area (Å²) < 4.78 is 6.10. The van der Waals surface area contributed by atoms with Crippen LogP contribution in [0.3, 0.4) is 0 Å². The number of nitrogens with one attached hydrogen (secondary N) is 1. The van der Waals surface area contributed by atoms with Gasteiger partial charge in [0.05, 0.1) is 0 Å². The van der Waals surface area contributed by atoms with Gasteiger partial charge in [-0.1, -0.05) is 18.2 Å². The highest BCUT2D eigenvalue weighted by Gasteiger charge is 2.33. The molecule has 2 nitrogen and oxygen atoms in total. The molecule has 2 heterocycles. The van der Waals surface area contributed by atoms with Crippen LogP contribution in [-0.4, -0.2) is 12.1 Å². The number of fused-ring (bicyclic) bond motifs is 1. The third kappa shape index (κ3) is 1.61. The Bertz CT molecular complexity index is 405. The Morgan fingerprint density at radius 2 is 2.25 bits per heavy atom. The molecular weight excluding hydrogens is 198 g/mol. The Morgan fingerprint density at radius 3 is 3.00 bits per heavy atom. The Hall–Kier alpha value is -1.02. The third-order valence-electron chi connectivity index (χ3n) is 3.56. The van der Waals surface area contributed by atoms with Gasteiger partial charge in [-0.2, -0.15) is 0 Å². The van der Waals surface area contributed by atoms with Crippen molar-refractivity contribution in [2.75, 3.05) is 6.54 Å². The molecule has 1 saturated heterocycles. The van der Waals surface area contributed by atoms with Crippen LogP contribution in [0, 0.1) is 0 Å². The molecule has 0 radical (unpaired) electrons. The summed E-state index contributed by atoms with van der Waals surface area (Å²) in [5, 5.41) is 3.55. The van der Waals surface area contributed by atoms with Crippen molar-refractivity contribution in [3.63, 3.8) is 0 Å². The first-order valence-corrected chi connectivity index (χ1v) is 6.20. The monoisotopic (exact) mass is 217 g/mol. The molecule has 3 rings (SSSR count). The SMILES string of the molecule is CC1(C)Cc2cccc(C3CCCN3)c2O1. The fourth-order valence-corrected chi connectivity index (χ4v) is 2.86. The van der Waals surface area contributed by atoms with E-state index in [4.69, 9.17) is 4.74 Å². The van der Waals surface area contributed by atoms with Crippen molar-refractivity contribution >= 4 is 0 Å². The zero-order valence-corrected chi connectivity index (χ0v) is 10.0. The summed E-state index contributed by atoms with van der Waals surface area (Å²) in [5.41, 5.74) is 2.70. The first kappa shape index (κ1) is 10.2. The van der Waals surface area contributed by atoms with E-state index in [0.717, 1.165) is 18.7 Å². The number of ether oxygens (including phenoxy) is 1. The number of hydrogen-bond donors (Lipinski definition) is 1. The van der Waals surface area contributed by atoms with E-state index in [1.54, 1.807) is 0 Å². The van der Waals surface area contributed by atoms with Crippen LogP contribution in [-0.2, 0) is 6.42 Å². The third-order valence-corrected chi connectivity index (χ3v) is 3.56. The van der Waals surface area contributed by atoms with Gasteiger partial charge in [0.2, 0.25) is 0 Å². The molecule has 1 aromatic rings. The van der Waals surface area contributed by atoms with Gasteiger partial charge in [0, 0.05) is 18.0 Å². The summed E-state index contributed by atoms with van der Waals surface area (Å²) in [5.74, 6) is 1.15. The minimum atomic E-state index is -0.0307. The van der Waals surface area contributed by atoms with E-state index in [1.165, 1.54) is 24.0 Å². The molecule has 1 aromatic carbocycles. The lowest BCUT2D eigenvalue weighted by Gasteiger charge is -2.20. The number of para-hydroxylation sites is 1. The Balaban J connectivity index is 1.99. The summed E-state index contributed by atoms with van der Waals surface area (Å²) in [4.78, 5) is 0. The molecule has 86 valence electrons. The lowest BCUT2D eigenvalue weighted by Crippen LogP contribution is -2.25. The molecule has 0 aliphatic carbocycles. The van der Waals surface area contributed by atoms with Crippen molar-refractivity contribution in [3.05, 3.63) is 29.3 Å². The van der Waals surface area contributed by atoms with Crippen LogP contribution in [0.5, 0.6) is 5.75 Å². The maximum Gasteiger partial charge on any atom is 0.128 e. The summed E-state index contributed by atoms with van der Waals surface area (Å²) in [7, 11) is 0. The Labute approximate surface area is 97.0 Å². The topological polar surface area (TPSA) is 21.3 Å². The van der Waals surface area contributed by atoms with Crippen LogP contribution >= 0.6 is 0 Å². The first-order chi connectivity index (χ1) is 7.66. The van der Waals surface area contributed by atoms with E-state index in [9.17, 15) is 0 Å². The molecule has 2 aliphatic rings. The summed E-state index contributed by atoms with van der Waals surface area (Å²) in [6, 6.07) is 7.08. The standard InChI is InChI=1S/C14H19NO/c1-14(2)9-10-5-3-6-11(13(10)16-14)12-7-4-8-15-12/h3,5-6,12,15H,4,7-9H2,1-2H3. The molecule has 0 amide bonds. The zero-order chi connectivity index (χ0) is 11.2. The molecule has 2 aliphatic heterocycles. The van der Waals surface area contributed by atoms with Crippen molar-refractivity contribution in [2.45, 2.75) is 44.8 Å². The van der Waals surface area contributed by atoms with Crippen LogP contribution in [0.1, 0.15) is 43.9 Å². The molecule has 16 heavy (non-hydrogen) atoms. The summed E-state index contributed by atoms with van der Waals surface area (Å²) >= 11 is 0. The average molecular weight is 217 g/mol. The molecule has 0 spiro atoms. The number of benzene rings is 1. The molecular formula is C14H19NO. The van der Waals surface area contributed by atoms with E-state index in [1.807, 2.05) is 0 Å². The maximum absolute atomic E-state index is 6.10. The minimum absolute atomic E-state index is 0.0307.